The minimum Gasteiger partial charge on any atom is -0.328 e. The minimum absolute atomic E-state index is 0.733. The van der Waals surface area contributed by atoms with E-state index in [1.807, 2.05) is 6.92 Å². The third-order valence-corrected chi connectivity index (χ3v) is 0.256. The van der Waals surface area contributed by atoms with Crippen LogP contribution in [-0.2, 0) is 0 Å². The Morgan fingerprint density at radius 3 is 2.11 bits per heavy atom. The summed E-state index contributed by atoms with van der Waals surface area (Å²) in [4.78, 5) is 8.36. The zero-order valence-corrected chi connectivity index (χ0v) is 4.87. The Labute approximate surface area is 51.3 Å². The molecule has 0 aliphatic rings. The highest BCUT2D eigenvalue weighted by Crippen LogP contribution is 1.38. The molecule has 0 aromatic rings. The third kappa shape index (κ3) is 157. The first-order chi connectivity index (χ1) is 4.15. The van der Waals surface area contributed by atoms with Crippen molar-refractivity contribution in [2.75, 3.05) is 6.54 Å². The number of nitrogens with one attached hydrogen (secondary N) is 2. The van der Waals surface area contributed by atoms with Crippen molar-refractivity contribution in [2.24, 2.45) is 0 Å². The lowest BCUT2D eigenvalue weighted by Gasteiger charge is -1.88. The molecule has 0 bridgehead atoms. The molecule has 0 atom stereocenters. The number of hydrazine groups is 1. The van der Waals surface area contributed by atoms with Crippen LogP contribution in [0.2, 0.25) is 0 Å². The van der Waals surface area contributed by atoms with Crippen molar-refractivity contribution in [3.8, 4) is 0 Å². The molecule has 0 aliphatic heterocycles. The van der Waals surface area contributed by atoms with Crippen molar-refractivity contribution in [2.45, 2.75) is 6.92 Å². The van der Waals surface area contributed by atoms with Gasteiger partial charge in [0.05, 0.1) is 0 Å². The maximum Gasteiger partial charge on any atom is 0.291 e. The van der Waals surface area contributed by atoms with E-state index >= 15 is 0 Å². The molecule has 7 heteroatoms. The van der Waals surface area contributed by atoms with Gasteiger partial charge in [-0.25, -0.2) is 5.43 Å². The maximum absolute atomic E-state index is 8.36. The van der Waals surface area contributed by atoms with Crippen molar-refractivity contribution in [1.82, 2.24) is 11.0 Å². The highest BCUT2D eigenvalue weighted by molar-refractivity contribution is 4.12. The molecule has 0 saturated heterocycles. The van der Waals surface area contributed by atoms with Gasteiger partial charge in [-0.15, -0.1) is 15.7 Å². The second kappa shape index (κ2) is 10.1. The van der Waals surface area contributed by atoms with Crippen LogP contribution in [0.4, 0.5) is 0 Å². The molecule has 4 N–H and O–H groups in total. The summed E-state index contributed by atoms with van der Waals surface area (Å²) >= 11 is 0. The van der Waals surface area contributed by atoms with Gasteiger partial charge in [-0.2, -0.15) is 0 Å². The smallest absolute Gasteiger partial charge is 0.291 e. The number of hydrogen-bond donors (Lipinski definition) is 4. The number of hydrogen-bond acceptors (Lipinski definition) is 5. The zero-order valence-electron chi connectivity index (χ0n) is 4.87. The highest BCUT2D eigenvalue weighted by atomic mass is 16.9. The molecule has 0 aromatic heterocycles. The van der Waals surface area contributed by atoms with E-state index in [0.29, 0.717) is 0 Å². The lowest BCUT2D eigenvalue weighted by atomic mass is 10.8. The minimum atomic E-state index is -1.50. The van der Waals surface area contributed by atoms with E-state index in [2.05, 4.69) is 5.43 Å². The molecule has 0 aromatic carbocycles. The molecule has 56 valence electrons. The molecule has 0 radical (unpaired) electrons. The average Bonchev–Trinajstić information content (AvgIpc) is 1.66. The molecule has 0 heterocycles. The van der Waals surface area contributed by atoms with E-state index in [1.54, 1.807) is 5.59 Å². The highest BCUT2D eigenvalue weighted by Gasteiger charge is 1.65. The standard InChI is InChI=1S/C2H8N2O.HNO3/c1-2-3-4-5;2-1(3)4/h3-5H,2H2,1H3;(H,2,3,4). The molecule has 0 amide bonds. The topological polar surface area (TPSA) is 108 Å². The van der Waals surface area contributed by atoms with Gasteiger partial charge in [0, 0.05) is 6.54 Å². The van der Waals surface area contributed by atoms with Gasteiger partial charge in [0.2, 0.25) is 0 Å². The first kappa shape index (κ1) is 11.0. The summed E-state index contributed by atoms with van der Waals surface area (Å²) in [5.41, 5.74) is 4.18. The number of rotatable bonds is 2. The summed E-state index contributed by atoms with van der Waals surface area (Å²) in [6.45, 7) is 2.61. The van der Waals surface area contributed by atoms with Crippen LogP contribution in [0.15, 0.2) is 0 Å². The third-order valence-electron chi connectivity index (χ3n) is 0.256. The van der Waals surface area contributed by atoms with Crippen molar-refractivity contribution < 1.29 is 15.5 Å². The summed E-state index contributed by atoms with van der Waals surface area (Å²) in [6.07, 6.45) is 0. The van der Waals surface area contributed by atoms with Gasteiger partial charge >= 0.3 is 0 Å². The zero-order chi connectivity index (χ0) is 7.70. The van der Waals surface area contributed by atoms with Crippen LogP contribution < -0.4 is 11.0 Å². The van der Waals surface area contributed by atoms with E-state index in [-0.39, 0.29) is 0 Å². The fourth-order valence-corrected chi connectivity index (χ4v) is 0.0791. The van der Waals surface area contributed by atoms with Gasteiger partial charge in [0.15, 0.2) is 0 Å². The Balaban J connectivity index is 0. The van der Waals surface area contributed by atoms with Gasteiger partial charge < -0.3 is 10.4 Å². The van der Waals surface area contributed by atoms with E-state index in [0.717, 1.165) is 6.54 Å². The fraction of sp³-hybridized carbons (Fsp3) is 1.00. The Hall–Kier alpha value is -0.920. The predicted molar refractivity (Wildman–Crippen MR) is 27.4 cm³/mol. The van der Waals surface area contributed by atoms with E-state index in [9.17, 15) is 0 Å². The molecule has 0 unspecified atom stereocenters. The van der Waals surface area contributed by atoms with Crippen LogP contribution in [0.3, 0.4) is 0 Å². The Morgan fingerprint density at radius 2 is 2.11 bits per heavy atom. The second-order valence-corrected chi connectivity index (χ2v) is 0.880. The van der Waals surface area contributed by atoms with Crippen molar-refractivity contribution in [3.63, 3.8) is 0 Å². The molecule has 0 spiro atoms. The van der Waals surface area contributed by atoms with Gasteiger partial charge in [0.1, 0.15) is 0 Å². The Kier molecular flexibility index (Phi) is 12.3. The molecular formula is C2H9N3O4. The molecule has 0 fully saturated rings. The second-order valence-electron chi connectivity index (χ2n) is 0.880. The largest absolute Gasteiger partial charge is 0.328 e. The van der Waals surface area contributed by atoms with E-state index < -0.39 is 5.09 Å². The summed E-state index contributed by atoms with van der Waals surface area (Å²) in [5.74, 6) is 0. The van der Waals surface area contributed by atoms with Crippen LogP contribution in [0.25, 0.3) is 0 Å². The normalized spacial score (nSPS) is 7.33. The van der Waals surface area contributed by atoms with Crippen LogP contribution in [0, 0.1) is 10.1 Å². The van der Waals surface area contributed by atoms with Crippen LogP contribution >= 0.6 is 0 Å². The van der Waals surface area contributed by atoms with Crippen molar-refractivity contribution >= 4 is 0 Å². The summed E-state index contributed by atoms with van der Waals surface area (Å²) in [5, 5.41) is 21.3. The quantitative estimate of drug-likeness (QED) is 0.293. The van der Waals surface area contributed by atoms with Crippen molar-refractivity contribution in [3.05, 3.63) is 10.1 Å². The van der Waals surface area contributed by atoms with Gasteiger partial charge in [-0.05, 0) is 0 Å². The van der Waals surface area contributed by atoms with Gasteiger partial charge in [-0.3, -0.25) is 0 Å². The molecular weight excluding hydrogens is 130 g/mol. The lowest BCUT2D eigenvalue weighted by molar-refractivity contribution is -0.742. The van der Waals surface area contributed by atoms with Crippen LogP contribution in [-0.4, -0.2) is 22.0 Å². The molecule has 0 rings (SSSR count). The van der Waals surface area contributed by atoms with Crippen molar-refractivity contribution in [1.29, 1.82) is 0 Å². The summed E-state index contributed by atoms with van der Waals surface area (Å²) in [7, 11) is 0. The van der Waals surface area contributed by atoms with E-state index in [1.165, 1.54) is 0 Å². The molecule has 7 nitrogen and oxygen atoms in total. The number of nitrogens with zero attached hydrogens (tertiary/aromatic N) is 1. The molecule has 0 aliphatic carbocycles. The van der Waals surface area contributed by atoms with E-state index in [4.69, 9.17) is 20.5 Å². The maximum atomic E-state index is 8.36. The summed E-state index contributed by atoms with van der Waals surface area (Å²) in [6, 6.07) is 0. The SMILES string of the molecule is CCNNO.O=[N+]([O-])O. The van der Waals surface area contributed by atoms with Crippen LogP contribution in [0.1, 0.15) is 6.92 Å². The predicted octanol–water partition coefficient (Wildman–Crippen LogP) is -0.858. The average molecular weight is 139 g/mol. The van der Waals surface area contributed by atoms with Gasteiger partial charge in [-0.1, -0.05) is 6.92 Å². The van der Waals surface area contributed by atoms with Gasteiger partial charge in [0.25, 0.3) is 5.09 Å². The van der Waals surface area contributed by atoms with Crippen LogP contribution in [0.5, 0.6) is 0 Å². The molecule has 9 heavy (non-hydrogen) atoms. The first-order valence-corrected chi connectivity index (χ1v) is 2.10. The monoisotopic (exact) mass is 139 g/mol. The Bertz CT molecular complexity index is 60.8. The lowest BCUT2D eigenvalue weighted by Crippen LogP contribution is -2.27. The molecule has 0 saturated carbocycles. The summed E-state index contributed by atoms with van der Waals surface area (Å²) < 4.78 is 0. The fourth-order valence-electron chi connectivity index (χ4n) is 0.0791. The Morgan fingerprint density at radius 1 is 1.78 bits per heavy atom. The first-order valence-electron chi connectivity index (χ1n) is 2.10.